The van der Waals surface area contributed by atoms with Crippen LogP contribution in [0.1, 0.15) is 77.0 Å². The second-order valence-electron chi connectivity index (χ2n) is 7.06. The predicted octanol–water partition coefficient (Wildman–Crippen LogP) is 5.75. The maximum Gasteiger partial charge on any atom is 0.219 e. The molecular formula is C23H37NO3. The van der Waals surface area contributed by atoms with Crippen LogP contribution in [-0.2, 0) is 4.79 Å². The number of hydrogen-bond acceptors (Lipinski definition) is 3. The third-order valence-electron chi connectivity index (χ3n) is 4.56. The van der Waals surface area contributed by atoms with Crippen molar-refractivity contribution in [1.29, 1.82) is 0 Å². The number of ether oxygens (including phenoxy) is 1. The number of nitrogens with one attached hydrogen (secondary N) is 1. The van der Waals surface area contributed by atoms with Crippen molar-refractivity contribution in [3.63, 3.8) is 0 Å². The molecule has 0 fully saturated rings. The normalized spacial score (nSPS) is 10.5. The number of unbranched alkanes of at least 4 members (excludes halogenated alkanes) is 9. The number of phenolic OH excluding ortho intramolecular Hbond substituents is 1. The van der Waals surface area contributed by atoms with Gasteiger partial charge < -0.3 is 15.2 Å². The second-order valence-corrected chi connectivity index (χ2v) is 7.06. The van der Waals surface area contributed by atoms with Gasteiger partial charge in [0, 0.05) is 13.0 Å². The smallest absolute Gasteiger partial charge is 0.219 e. The molecule has 1 rings (SSSR count). The summed E-state index contributed by atoms with van der Waals surface area (Å²) in [5.41, 5.74) is 0. The number of amides is 1. The van der Waals surface area contributed by atoms with Gasteiger partial charge in [-0.15, -0.1) is 6.58 Å². The van der Waals surface area contributed by atoms with Crippen LogP contribution in [-0.4, -0.2) is 24.2 Å². The zero-order valence-electron chi connectivity index (χ0n) is 16.8. The zero-order chi connectivity index (χ0) is 19.6. The Bertz CT molecular complexity index is 499. The van der Waals surface area contributed by atoms with E-state index in [1.165, 1.54) is 25.7 Å². The summed E-state index contributed by atoms with van der Waals surface area (Å²) in [4.78, 5) is 11.8. The number of carbonyl (C=O) groups excluding carboxylic acids is 1. The van der Waals surface area contributed by atoms with Gasteiger partial charge in [0.05, 0.1) is 6.61 Å². The number of benzene rings is 1. The first-order chi connectivity index (χ1) is 13.2. The Labute approximate surface area is 165 Å². The molecule has 0 aliphatic heterocycles. The van der Waals surface area contributed by atoms with E-state index in [9.17, 15) is 9.90 Å². The minimum absolute atomic E-state index is 0.192. The maximum absolute atomic E-state index is 11.8. The fourth-order valence-corrected chi connectivity index (χ4v) is 2.91. The fraction of sp³-hybridized carbons (Fsp3) is 0.609. The third kappa shape index (κ3) is 13.8. The average Bonchev–Trinajstić information content (AvgIpc) is 2.67. The molecule has 27 heavy (non-hydrogen) atoms. The molecule has 0 aromatic heterocycles. The highest BCUT2D eigenvalue weighted by molar-refractivity contribution is 5.75. The Hall–Kier alpha value is -1.97. The zero-order valence-corrected chi connectivity index (χ0v) is 16.8. The van der Waals surface area contributed by atoms with Gasteiger partial charge in [0.2, 0.25) is 5.91 Å². The van der Waals surface area contributed by atoms with E-state index in [2.05, 4.69) is 11.9 Å². The number of hydrogen-bond donors (Lipinski definition) is 2. The minimum Gasteiger partial charge on any atom is -0.508 e. The highest BCUT2D eigenvalue weighted by Gasteiger charge is 2.01. The lowest BCUT2D eigenvalue weighted by Crippen LogP contribution is -2.23. The lowest BCUT2D eigenvalue weighted by Gasteiger charge is -2.07. The third-order valence-corrected chi connectivity index (χ3v) is 4.56. The molecule has 0 saturated heterocycles. The Morgan fingerprint density at radius 3 is 2.30 bits per heavy atom. The summed E-state index contributed by atoms with van der Waals surface area (Å²) in [5.74, 6) is 1.23. The topological polar surface area (TPSA) is 58.6 Å². The molecule has 0 bridgehead atoms. The molecule has 0 aliphatic carbocycles. The first kappa shape index (κ1) is 23.1. The average molecular weight is 376 g/mol. The van der Waals surface area contributed by atoms with Crippen LogP contribution in [0.25, 0.3) is 0 Å². The molecule has 1 aromatic rings. The molecule has 4 nitrogen and oxygen atoms in total. The van der Waals surface area contributed by atoms with Gasteiger partial charge in [-0.05, 0) is 56.4 Å². The maximum atomic E-state index is 11.8. The van der Waals surface area contributed by atoms with Gasteiger partial charge in [-0.3, -0.25) is 4.79 Å². The van der Waals surface area contributed by atoms with Gasteiger partial charge in [-0.25, -0.2) is 0 Å². The molecule has 4 heteroatoms. The van der Waals surface area contributed by atoms with Gasteiger partial charge in [0.1, 0.15) is 11.5 Å². The Kier molecular flexibility index (Phi) is 13.9. The summed E-state index contributed by atoms with van der Waals surface area (Å²) < 4.78 is 5.61. The van der Waals surface area contributed by atoms with E-state index < -0.39 is 0 Å². The molecule has 0 atom stereocenters. The predicted molar refractivity (Wildman–Crippen MR) is 112 cm³/mol. The van der Waals surface area contributed by atoms with E-state index in [1.807, 2.05) is 6.08 Å². The molecule has 0 unspecified atom stereocenters. The SMILES string of the molecule is C=CCCCCCCCCC(=O)NCCCCCCOc1ccc(O)cc1. The van der Waals surface area contributed by atoms with E-state index in [1.54, 1.807) is 24.3 Å². The minimum atomic E-state index is 0.192. The fourth-order valence-electron chi connectivity index (χ4n) is 2.91. The van der Waals surface area contributed by atoms with E-state index in [-0.39, 0.29) is 11.7 Å². The molecule has 0 spiro atoms. The number of phenols is 1. The van der Waals surface area contributed by atoms with Crippen LogP contribution in [0.2, 0.25) is 0 Å². The summed E-state index contributed by atoms with van der Waals surface area (Å²) in [5, 5.41) is 12.2. The molecule has 0 aliphatic rings. The Morgan fingerprint density at radius 1 is 0.926 bits per heavy atom. The first-order valence-corrected chi connectivity index (χ1v) is 10.5. The highest BCUT2D eigenvalue weighted by Crippen LogP contribution is 2.16. The summed E-state index contributed by atoms with van der Waals surface area (Å²) in [7, 11) is 0. The van der Waals surface area contributed by atoms with Crippen molar-refractivity contribution >= 4 is 5.91 Å². The summed E-state index contributed by atoms with van der Waals surface area (Å²) in [6.07, 6.45) is 15.2. The van der Waals surface area contributed by atoms with Crippen LogP contribution in [0.3, 0.4) is 0 Å². The van der Waals surface area contributed by atoms with Crippen LogP contribution in [0.15, 0.2) is 36.9 Å². The number of carbonyl (C=O) groups is 1. The largest absolute Gasteiger partial charge is 0.508 e. The van der Waals surface area contributed by atoms with Gasteiger partial charge in [0.25, 0.3) is 0 Å². The van der Waals surface area contributed by atoms with Crippen molar-refractivity contribution in [2.45, 2.75) is 77.0 Å². The molecular weight excluding hydrogens is 338 g/mol. The lowest BCUT2D eigenvalue weighted by molar-refractivity contribution is -0.121. The van der Waals surface area contributed by atoms with Crippen LogP contribution in [0.4, 0.5) is 0 Å². The van der Waals surface area contributed by atoms with Crippen molar-refractivity contribution in [3.05, 3.63) is 36.9 Å². The van der Waals surface area contributed by atoms with E-state index >= 15 is 0 Å². The van der Waals surface area contributed by atoms with E-state index in [0.717, 1.165) is 57.2 Å². The highest BCUT2D eigenvalue weighted by atomic mass is 16.5. The molecule has 152 valence electrons. The van der Waals surface area contributed by atoms with Crippen LogP contribution in [0, 0.1) is 0 Å². The summed E-state index contributed by atoms with van der Waals surface area (Å²) in [6, 6.07) is 6.80. The van der Waals surface area contributed by atoms with Crippen molar-refractivity contribution < 1.29 is 14.6 Å². The number of allylic oxidation sites excluding steroid dienone is 1. The molecule has 0 heterocycles. The number of aromatic hydroxyl groups is 1. The molecule has 0 radical (unpaired) electrons. The van der Waals surface area contributed by atoms with Crippen molar-refractivity contribution in [2.24, 2.45) is 0 Å². The monoisotopic (exact) mass is 375 g/mol. The van der Waals surface area contributed by atoms with Crippen molar-refractivity contribution in [2.75, 3.05) is 13.2 Å². The van der Waals surface area contributed by atoms with Crippen LogP contribution >= 0.6 is 0 Å². The van der Waals surface area contributed by atoms with Crippen molar-refractivity contribution in [1.82, 2.24) is 5.32 Å². The van der Waals surface area contributed by atoms with Crippen molar-refractivity contribution in [3.8, 4) is 11.5 Å². The van der Waals surface area contributed by atoms with Gasteiger partial charge in [-0.1, -0.05) is 44.6 Å². The van der Waals surface area contributed by atoms with Gasteiger partial charge >= 0.3 is 0 Å². The van der Waals surface area contributed by atoms with E-state index in [0.29, 0.717) is 13.0 Å². The Morgan fingerprint density at radius 2 is 1.56 bits per heavy atom. The Balaban J connectivity index is 1.82. The van der Waals surface area contributed by atoms with Gasteiger partial charge in [0.15, 0.2) is 0 Å². The van der Waals surface area contributed by atoms with Crippen LogP contribution < -0.4 is 10.1 Å². The summed E-state index contributed by atoms with van der Waals surface area (Å²) in [6.45, 7) is 5.20. The molecule has 1 amide bonds. The standard InChI is InChI=1S/C23H37NO3/c1-2-3-4-5-6-7-8-11-14-23(26)24-19-12-9-10-13-20-27-22-17-15-21(25)16-18-22/h2,15-18,25H,1,3-14,19-20H2,(H,24,26). The molecule has 0 saturated carbocycles. The van der Waals surface area contributed by atoms with Crippen LogP contribution in [0.5, 0.6) is 11.5 Å². The van der Waals surface area contributed by atoms with E-state index in [4.69, 9.17) is 4.74 Å². The molecule has 2 N–H and O–H groups in total. The second kappa shape index (κ2) is 16.2. The number of rotatable bonds is 17. The first-order valence-electron chi connectivity index (χ1n) is 10.5. The lowest BCUT2D eigenvalue weighted by atomic mass is 10.1. The quantitative estimate of drug-likeness (QED) is 0.269. The van der Waals surface area contributed by atoms with Gasteiger partial charge in [-0.2, -0.15) is 0 Å². The molecule has 1 aromatic carbocycles. The summed E-state index contributed by atoms with van der Waals surface area (Å²) >= 11 is 0.